The molecule has 0 spiro atoms. The number of ether oxygens (including phenoxy) is 1. The van der Waals surface area contributed by atoms with Crippen LogP contribution in [0.5, 0.6) is 0 Å². The molecule has 0 aromatic heterocycles. The van der Waals surface area contributed by atoms with E-state index in [0.717, 1.165) is 6.92 Å². The molecule has 0 bridgehead atoms. The number of alkyl halides is 3. The smallest absolute Gasteiger partial charge is 0.343 e. The van der Waals surface area contributed by atoms with Gasteiger partial charge in [0.05, 0.1) is 0 Å². The lowest BCUT2D eigenvalue weighted by Gasteiger charge is -2.15. The summed E-state index contributed by atoms with van der Waals surface area (Å²) in [6.07, 6.45) is -2.84. The van der Waals surface area contributed by atoms with E-state index in [4.69, 9.17) is 0 Å². The maximum Gasteiger partial charge on any atom is 0.343 e. The fourth-order valence-corrected chi connectivity index (χ4v) is 0.433. The Morgan fingerprint density at radius 3 is 2.42 bits per heavy atom. The molecule has 0 radical (unpaired) electrons. The maximum atomic E-state index is 12.9. The lowest BCUT2D eigenvalue weighted by atomic mass is 10.1. The number of hydrogen-bond acceptors (Lipinski definition) is 2. The summed E-state index contributed by atoms with van der Waals surface area (Å²) in [6, 6.07) is 0. The highest BCUT2D eigenvalue weighted by molar-refractivity contribution is 5.78. The van der Waals surface area contributed by atoms with Crippen LogP contribution in [0.15, 0.2) is 0 Å². The Kier molecular flexibility index (Phi) is 4.06. The van der Waals surface area contributed by atoms with E-state index in [-0.39, 0.29) is 6.42 Å². The monoisotopic (exact) mass is 184 g/mol. The average Bonchev–Trinajstić information content (AvgIpc) is 2.00. The van der Waals surface area contributed by atoms with Gasteiger partial charge in [0.15, 0.2) is 6.61 Å². The molecule has 12 heavy (non-hydrogen) atoms. The van der Waals surface area contributed by atoms with E-state index in [9.17, 15) is 18.0 Å². The molecule has 0 aliphatic heterocycles. The predicted octanol–water partition coefficient (Wildman–Crippen LogP) is 1.93. The highest BCUT2D eigenvalue weighted by Gasteiger charge is 2.32. The fraction of sp³-hybridized carbons (Fsp3) is 0.857. The molecule has 0 aromatic carbocycles. The van der Waals surface area contributed by atoms with E-state index in [0.29, 0.717) is 0 Å². The quantitative estimate of drug-likeness (QED) is 0.624. The first-order valence-corrected chi connectivity index (χ1v) is 3.54. The standard InChI is InChI=1S/C7H11F3O2/c1-3-7(2,10)6(11)12-4-5(8)9/h5H,3-4H2,1-2H3. The first kappa shape index (κ1) is 11.3. The molecule has 0 fully saturated rings. The van der Waals surface area contributed by atoms with Crippen molar-refractivity contribution < 1.29 is 22.7 Å². The van der Waals surface area contributed by atoms with Crippen molar-refractivity contribution >= 4 is 5.97 Å². The van der Waals surface area contributed by atoms with Gasteiger partial charge in [0.1, 0.15) is 0 Å². The molecule has 0 aromatic rings. The zero-order valence-electron chi connectivity index (χ0n) is 6.94. The maximum absolute atomic E-state index is 12.9. The first-order valence-electron chi connectivity index (χ1n) is 3.54. The summed E-state index contributed by atoms with van der Waals surface area (Å²) in [4.78, 5) is 10.7. The molecule has 1 atom stereocenters. The van der Waals surface area contributed by atoms with Crippen LogP contribution < -0.4 is 0 Å². The molecule has 0 amide bonds. The van der Waals surface area contributed by atoms with Gasteiger partial charge < -0.3 is 4.74 Å². The van der Waals surface area contributed by atoms with E-state index >= 15 is 0 Å². The zero-order chi connectivity index (χ0) is 9.78. The molecule has 0 aliphatic rings. The van der Waals surface area contributed by atoms with Crippen molar-refractivity contribution in [2.75, 3.05) is 6.61 Å². The minimum absolute atomic E-state index is 0.0882. The van der Waals surface area contributed by atoms with Gasteiger partial charge in [0, 0.05) is 0 Å². The number of esters is 1. The molecule has 0 N–H and O–H groups in total. The van der Waals surface area contributed by atoms with Crippen LogP contribution in [-0.2, 0) is 9.53 Å². The predicted molar refractivity (Wildman–Crippen MR) is 36.8 cm³/mol. The molecule has 0 aliphatic carbocycles. The molecule has 2 nitrogen and oxygen atoms in total. The molecule has 1 unspecified atom stereocenters. The van der Waals surface area contributed by atoms with E-state index in [1.807, 2.05) is 0 Å². The molecule has 72 valence electrons. The summed E-state index contributed by atoms with van der Waals surface area (Å²) in [5.74, 6) is -1.23. The minimum Gasteiger partial charge on any atom is -0.457 e. The Morgan fingerprint density at radius 2 is 2.08 bits per heavy atom. The summed E-state index contributed by atoms with van der Waals surface area (Å²) in [6.45, 7) is 1.39. The van der Waals surface area contributed by atoms with Crippen molar-refractivity contribution in [3.05, 3.63) is 0 Å². The van der Waals surface area contributed by atoms with Crippen molar-refractivity contribution in [3.63, 3.8) is 0 Å². The normalized spacial score (nSPS) is 15.8. The van der Waals surface area contributed by atoms with Crippen molar-refractivity contribution in [1.29, 1.82) is 0 Å². The lowest BCUT2D eigenvalue weighted by Crippen LogP contribution is -2.32. The second-order valence-electron chi connectivity index (χ2n) is 2.54. The zero-order valence-corrected chi connectivity index (χ0v) is 6.94. The number of carbonyl (C=O) groups excluding carboxylic acids is 1. The van der Waals surface area contributed by atoms with Gasteiger partial charge in [-0.3, -0.25) is 0 Å². The highest BCUT2D eigenvalue weighted by atomic mass is 19.3. The van der Waals surface area contributed by atoms with Crippen molar-refractivity contribution in [3.8, 4) is 0 Å². The minimum atomic E-state index is -2.75. The Bertz CT molecular complexity index is 157. The van der Waals surface area contributed by atoms with Crippen LogP contribution in [0.3, 0.4) is 0 Å². The van der Waals surface area contributed by atoms with Crippen molar-refractivity contribution in [1.82, 2.24) is 0 Å². The van der Waals surface area contributed by atoms with Gasteiger partial charge in [-0.15, -0.1) is 0 Å². The molecular weight excluding hydrogens is 173 g/mol. The topological polar surface area (TPSA) is 26.3 Å². The number of halogens is 3. The van der Waals surface area contributed by atoms with Gasteiger partial charge in [-0.25, -0.2) is 18.0 Å². The van der Waals surface area contributed by atoms with Crippen LogP contribution in [0.4, 0.5) is 13.2 Å². The van der Waals surface area contributed by atoms with E-state index in [2.05, 4.69) is 4.74 Å². The highest BCUT2D eigenvalue weighted by Crippen LogP contribution is 2.16. The molecule has 0 saturated carbocycles. The Morgan fingerprint density at radius 1 is 1.58 bits per heavy atom. The third-order valence-electron chi connectivity index (χ3n) is 1.43. The average molecular weight is 184 g/mol. The summed E-state index contributed by atoms with van der Waals surface area (Å²) in [5.41, 5.74) is -2.16. The Labute approximate surface area is 68.7 Å². The van der Waals surface area contributed by atoms with E-state index in [1.54, 1.807) is 0 Å². The van der Waals surface area contributed by atoms with Crippen LogP contribution in [-0.4, -0.2) is 24.7 Å². The second kappa shape index (κ2) is 4.33. The van der Waals surface area contributed by atoms with Gasteiger partial charge in [-0.2, -0.15) is 0 Å². The Hall–Kier alpha value is -0.740. The van der Waals surface area contributed by atoms with Gasteiger partial charge >= 0.3 is 5.97 Å². The van der Waals surface area contributed by atoms with Crippen LogP contribution >= 0.6 is 0 Å². The SMILES string of the molecule is CCC(C)(F)C(=O)OCC(F)F. The van der Waals surface area contributed by atoms with Crippen LogP contribution in [0, 0.1) is 0 Å². The number of rotatable bonds is 4. The summed E-state index contributed by atoms with van der Waals surface area (Å²) in [5, 5.41) is 0. The van der Waals surface area contributed by atoms with Crippen LogP contribution in [0.2, 0.25) is 0 Å². The molecule has 0 heterocycles. The fourth-order valence-electron chi connectivity index (χ4n) is 0.433. The Balaban J connectivity index is 3.88. The lowest BCUT2D eigenvalue weighted by molar-refractivity contribution is -0.160. The summed E-state index contributed by atoms with van der Waals surface area (Å²) < 4.78 is 39.9. The van der Waals surface area contributed by atoms with Gasteiger partial charge in [0.2, 0.25) is 5.67 Å². The molecule has 0 saturated heterocycles. The third kappa shape index (κ3) is 3.59. The molecule has 5 heteroatoms. The van der Waals surface area contributed by atoms with Gasteiger partial charge in [0.25, 0.3) is 6.43 Å². The van der Waals surface area contributed by atoms with E-state index < -0.39 is 24.7 Å². The number of carbonyl (C=O) groups is 1. The van der Waals surface area contributed by atoms with Crippen LogP contribution in [0.25, 0.3) is 0 Å². The number of hydrogen-bond donors (Lipinski definition) is 0. The van der Waals surface area contributed by atoms with Crippen molar-refractivity contribution in [2.24, 2.45) is 0 Å². The third-order valence-corrected chi connectivity index (χ3v) is 1.43. The largest absolute Gasteiger partial charge is 0.457 e. The second-order valence-corrected chi connectivity index (χ2v) is 2.54. The van der Waals surface area contributed by atoms with Crippen LogP contribution in [0.1, 0.15) is 20.3 Å². The first-order chi connectivity index (χ1) is 5.40. The molecular formula is C7H11F3O2. The molecule has 0 rings (SSSR count). The summed E-state index contributed by atoms with van der Waals surface area (Å²) >= 11 is 0. The van der Waals surface area contributed by atoms with Gasteiger partial charge in [-0.1, -0.05) is 6.92 Å². The van der Waals surface area contributed by atoms with Gasteiger partial charge in [-0.05, 0) is 13.3 Å². The van der Waals surface area contributed by atoms with Crippen molar-refractivity contribution in [2.45, 2.75) is 32.4 Å². The van der Waals surface area contributed by atoms with E-state index in [1.165, 1.54) is 6.92 Å². The summed E-state index contributed by atoms with van der Waals surface area (Å²) in [7, 11) is 0.